The highest BCUT2D eigenvalue weighted by molar-refractivity contribution is 5.80. The topological polar surface area (TPSA) is 78.5 Å². The van der Waals surface area contributed by atoms with Gasteiger partial charge in [0.2, 0.25) is 5.84 Å². The molecule has 34 heavy (non-hydrogen) atoms. The number of unbranched alkanes of at least 4 members (excludes halogenated alkanes) is 18. The lowest BCUT2D eigenvalue weighted by Crippen LogP contribution is -2.55. The van der Waals surface area contributed by atoms with Gasteiger partial charge in [-0.05, 0) is 19.3 Å². The maximum Gasteiger partial charge on any atom is 0.207 e. The Morgan fingerprint density at radius 3 is 1.68 bits per heavy atom. The summed E-state index contributed by atoms with van der Waals surface area (Å²) in [6, 6.07) is 0. The van der Waals surface area contributed by atoms with E-state index in [1.54, 1.807) is 6.20 Å². The molecule has 1 atom stereocenters. The fourth-order valence-electron chi connectivity index (χ4n) is 5.02. The van der Waals surface area contributed by atoms with Crippen molar-refractivity contribution in [1.29, 1.82) is 0 Å². The molecule has 0 aromatic carbocycles. The average molecular weight is 476 g/mol. The number of carboxylic acids is 1. The summed E-state index contributed by atoms with van der Waals surface area (Å²) in [4.78, 5) is 15.6. The molecular weight excluding hydrogens is 422 g/mol. The van der Waals surface area contributed by atoms with Crippen LogP contribution in [0.3, 0.4) is 0 Å². The number of carboxylic acid groups (broad SMARTS) is 1. The molecule has 0 bridgehead atoms. The summed E-state index contributed by atoms with van der Waals surface area (Å²) in [5, 5.41) is 11.2. The zero-order chi connectivity index (χ0) is 24.7. The van der Waals surface area contributed by atoms with Crippen molar-refractivity contribution in [2.24, 2.45) is 10.7 Å². The summed E-state index contributed by atoms with van der Waals surface area (Å²) in [7, 11) is 0. The molecule has 0 aromatic heterocycles. The smallest absolute Gasteiger partial charge is 0.207 e. The van der Waals surface area contributed by atoms with Gasteiger partial charge in [-0.1, -0.05) is 109 Å². The Hall–Kier alpha value is -1.46. The minimum atomic E-state index is -1.05. The second-order valence-electron chi connectivity index (χ2n) is 10.1. The number of quaternary nitrogens is 1. The lowest BCUT2D eigenvalue weighted by atomic mass is 10.0. The van der Waals surface area contributed by atoms with Gasteiger partial charge in [-0.25, -0.2) is 9.48 Å². The van der Waals surface area contributed by atoms with Crippen LogP contribution in [0.5, 0.6) is 0 Å². The predicted octanol–water partition coefficient (Wildman–Crippen LogP) is 6.38. The van der Waals surface area contributed by atoms with Gasteiger partial charge in [0.05, 0.1) is 12.2 Å². The Kier molecular flexibility index (Phi) is 18.8. The van der Waals surface area contributed by atoms with Crippen molar-refractivity contribution in [3.8, 4) is 0 Å². The molecule has 0 fully saturated rings. The lowest BCUT2D eigenvalue weighted by molar-refractivity contribution is -0.780. The third-order valence-electron chi connectivity index (χ3n) is 7.09. The van der Waals surface area contributed by atoms with Crippen LogP contribution in [-0.2, 0) is 4.79 Å². The largest absolute Gasteiger partial charge is 0.544 e. The molecule has 0 saturated heterocycles. The summed E-state index contributed by atoms with van der Waals surface area (Å²) >= 11 is 0. The minimum absolute atomic E-state index is 0.0662. The average Bonchev–Trinajstić information content (AvgIpc) is 3.19. The van der Waals surface area contributed by atoms with Gasteiger partial charge < -0.3 is 15.6 Å². The second-order valence-corrected chi connectivity index (χ2v) is 10.1. The van der Waals surface area contributed by atoms with Crippen molar-refractivity contribution in [3.05, 3.63) is 25.1 Å². The molecule has 5 nitrogen and oxygen atoms in total. The number of carbonyl (C=O) groups excluding carboxylic acids is 1. The van der Waals surface area contributed by atoms with E-state index in [2.05, 4.69) is 11.6 Å². The normalized spacial score (nSPS) is 17.3. The predicted molar refractivity (Wildman–Crippen MR) is 143 cm³/mol. The first-order chi connectivity index (χ1) is 16.6. The molecule has 0 saturated carbocycles. The van der Waals surface area contributed by atoms with Crippen LogP contribution >= 0.6 is 0 Å². The third kappa shape index (κ3) is 14.7. The van der Waals surface area contributed by atoms with Gasteiger partial charge in [0.1, 0.15) is 19.3 Å². The van der Waals surface area contributed by atoms with E-state index in [4.69, 9.17) is 5.73 Å². The number of nitrogens with two attached hydrogens (primary N) is 1. The summed E-state index contributed by atoms with van der Waals surface area (Å²) in [5.41, 5.74) is 5.72. The van der Waals surface area contributed by atoms with Gasteiger partial charge in [0.25, 0.3) is 0 Å². The number of amidine groups is 1. The van der Waals surface area contributed by atoms with Gasteiger partial charge in [-0.2, -0.15) is 0 Å². The lowest BCUT2D eigenvalue weighted by Gasteiger charge is -2.32. The fourth-order valence-corrected chi connectivity index (χ4v) is 5.02. The van der Waals surface area contributed by atoms with Gasteiger partial charge in [-0.15, -0.1) is 6.58 Å². The van der Waals surface area contributed by atoms with Crippen molar-refractivity contribution in [2.75, 3.05) is 19.6 Å². The van der Waals surface area contributed by atoms with E-state index in [-0.39, 0.29) is 11.0 Å². The van der Waals surface area contributed by atoms with E-state index >= 15 is 0 Å². The van der Waals surface area contributed by atoms with Crippen molar-refractivity contribution in [1.82, 2.24) is 0 Å². The van der Waals surface area contributed by atoms with Crippen molar-refractivity contribution >= 4 is 11.8 Å². The highest BCUT2D eigenvalue weighted by Gasteiger charge is 2.34. The monoisotopic (exact) mass is 475 g/mol. The molecule has 196 valence electrons. The van der Waals surface area contributed by atoms with E-state index in [0.717, 1.165) is 18.7 Å². The SMILES string of the molecule is C=CCCCCCCCCCCCCCCCCCCCCC1=NC=C[N+]1(CCN)CC(=O)[O-]. The number of rotatable bonds is 25. The first-order valence-electron chi connectivity index (χ1n) is 14.3. The maximum absolute atomic E-state index is 11.2. The quantitative estimate of drug-likeness (QED) is 0.0944. The van der Waals surface area contributed by atoms with Gasteiger partial charge in [-0.3, -0.25) is 0 Å². The Morgan fingerprint density at radius 2 is 1.26 bits per heavy atom. The Morgan fingerprint density at radius 1 is 0.824 bits per heavy atom. The summed E-state index contributed by atoms with van der Waals surface area (Å²) < 4.78 is 0.245. The maximum atomic E-state index is 11.2. The molecule has 0 aromatic rings. The van der Waals surface area contributed by atoms with E-state index in [1.807, 2.05) is 12.3 Å². The van der Waals surface area contributed by atoms with Crippen LogP contribution in [0.4, 0.5) is 0 Å². The van der Waals surface area contributed by atoms with E-state index in [1.165, 1.54) is 116 Å². The van der Waals surface area contributed by atoms with Crippen LogP contribution in [-0.4, -0.2) is 35.9 Å². The molecule has 1 heterocycles. The minimum Gasteiger partial charge on any atom is -0.544 e. The van der Waals surface area contributed by atoms with Gasteiger partial charge in [0, 0.05) is 13.0 Å². The molecule has 5 heteroatoms. The summed E-state index contributed by atoms with van der Waals surface area (Å²) in [6.07, 6.45) is 32.0. The van der Waals surface area contributed by atoms with E-state index in [9.17, 15) is 9.90 Å². The van der Waals surface area contributed by atoms with Gasteiger partial charge >= 0.3 is 0 Å². The highest BCUT2D eigenvalue weighted by atomic mass is 16.4. The zero-order valence-corrected chi connectivity index (χ0v) is 22.0. The number of allylic oxidation sites excluding steroid dienone is 1. The number of hydrogen-bond acceptors (Lipinski definition) is 4. The molecule has 1 rings (SSSR count). The number of hydrogen-bond donors (Lipinski definition) is 1. The van der Waals surface area contributed by atoms with Crippen LogP contribution in [0, 0.1) is 0 Å². The molecule has 1 unspecified atom stereocenters. The molecule has 1 aliphatic rings. The molecular formula is C29H53N3O2. The Balaban J connectivity index is 1.87. The van der Waals surface area contributed by atoms with Crippen molar-refractivity contribution < 1.29 is 14.4 Å². The molecule has 0 radical (unpaired) electrons. The van der Waals surface area contributed by atoms with Crippen molar-refractivity contribution in [3.63, 3.8) is 0 Å². The molecule has 0 spiro atoms. The first kappa shape index (κ1) is 30.6. The molecule has 0 amide bonds. The third-order valence-corrected chi connectivity index (χ3v) is 7.09. The van der Waals surface area contributed by atoms with Crippen LogP contribution in [0.2, 0.25) is 0 Å². The Labute approximate surface area is 210 Å². The highest BCUT2D eigenvalue weighted by Crippen LogP contribution is 2.21. The number of carbonyl (C=O) groups is 1. The Bertz CT molecular complexity index is 588. The standard InChI is InChI=1S/C29H53N3O2/c1-2-3-4-5-6-7-8-9-10-11-12-13-14-15-16-17-18-19-20-21-22-28-31-24-26-32(28,25-23-30)27-29(33)34/h2,24,26H,1,3-23,25,27,30H2. The van der Waals surface area contributed by atoms with Crippen LogP contribution in [0.15, 0.2) is 30.0 Å². The summed E-state index contributed by atoms with van der Waals surface area (Å²) in [5.74, 6) is -0.123. The van der Waals surface area contributed by atoms with E-state index in [0.29, 0.717) is 13.1 Å². The number of aliphatic carboxylic acids is 1. The van der Waals surface area contributed by atoms with Crippen molar-refractivity contribution in [2.45, 2.75) is 128 Å². The molecule has 1 aliphatic heterocycles. The van der Waals surface area contributed by atoms with Gasteiger partial charge in [0.15, 0.2) is 0 Å². The second kappa shape index (κ2) is 20.9. The fraction of sp³-hybridized carbons (Fsp3) is 0.793. The molecule has 0 aliphatic carbocycles. The summed E-state index contributed by atoms with van der Waals surface area (Å²) in [6.45, 7) is 4.72. The molecule has 2 N–H and O–H groups in total. The zero-order valence-electron chi connectivity index (χ0n) is 22.0. The van der Waals surface area contributed by atoms with Crippen LogP contribution < -0.4 is 10.8 Å². The van der Waals surface area contributed by atoms with Crippen LogP contribution in [0.25, 0.3) is 0 Å². The number of aliphatic imine (C=N–C) groups is 1. The first-order valence-corrected chi connectivity index (χ1v) is 14.3. The van der Waals surface area contributed by atoms with E-state index < -0.39 is 5.97 Å². The van der Waals surface area contributed by atoms with Crippen LogP contribution in [0.1, 0.15) is 128 Å². The number of nitrogens with zero attached hydrogens (tertiary/aromatic N) is 2.